The molecule has 1 unspecified atom stereocenters. The molecule has 0 saturated heterocycles. The lowest BCUT2D eigenvalue weighted by atomic mass is 10.1. The molecule has 1 aromatic carbocycles. The number of carbonyl (C=O) groups is 1. The number of hydrogen-bond acceptors (Lipinski definition) is 2. The molecule has 0 bridgehead atoms. The number of imidazole rings is 1. The molecule has 0 spiro atoms. The van der Waals surface area contributed by atoms with Gasteiger partial charge in [0.05, 0.1) is 23.6 Å². The highest BCUT2D eigenvalue weighted by atomic mass is 35.5. The zero-order chi connectivity index (χ0) is 16.8. The van der Waals surface area contributed by atoms with Crippen LogP contribution in [0.25, 0.3) is 10.9 Å². The molecule has 0 aliphatic carbocycles. The lowest BCUT2D eigenvalue weighted by Gasteiger charge is -2.35. The summed E-state index contributed by atoms with van der Waals surface area (Å²) in [5.74, 6) is 0. The lowest BCUT2D eigenvalue weighted by molar-refractivity contribution is 0.165. The van der Waals surface area contributed by atoms with E-state index in [0.29, 0.717) is 0 Å². The normalized spacial score (nSPS) is 15.2. The van der Waals surface area contributed by atoms with Crippen LogP contribution in [0.3, 0.4) is 0 Å². The summed E-state index contributed by atoms with van der Waals surface area (Å²) >= 11 is 0. The fourth-order valence-electron chi connectivity index (χ4n) is 3.98. The maximum absolute atomic E-state index is 13.3. The van der Waals surface area contributed by atoms with E-state index in [1.54, 1.807) is 6.33 Å². The van der Waals surface area contributed by atoms with Gasteiger partial charge in [0, 0.05) is 29.7 Å². The third-order valence-corrected chi connectivity index (χ3v) is 5.23. The molecule has 25 heavy (non-hydrogen) atoms. The average Bonchev–Trinajstić information content (AvgIpc) is 3.14. The topological polar surface area (TPSA) is 53.9 Å². The van der Waals surface area contributed by atoms with E-state index in [2.05, 4.69) is 29.9 Å². The molecule has 1 atom stereocenters. The summed E-state index contributed by atoms with van der Waals surface area (Å²) in [6.07, 6.45) is 3.44. The second kappa shape index (κ2) is 6.56. The number of aryl methyl sites for hydroxylation is 2. The van der Waals surface area contributed by atoms with Gasteiger partial charge in [-0.3, -0.25) is 4.57 Å². The Bertz CT molecular complexity index is 927. The van der Waals surface area contributed by atoms with Crippen molar-refractivity contribution in [1.82, 2.24) is 19.4 Å². The fourth-order valence-corrected chi connectivity index (χ4v) is 3.98. The average molecular weight is 359 g/mol. The van der Waals surface area contributed by atoms with Gasteiger partial charge in [-0.15, -0.1) is 12.4 Å². The van der Waals surface area contributed by atoms with E-state index < -0.39 is 0 Å². The minimum Gasteiger partial charge on any atom is -0.348 e. The van der Waals surface area contributed by atoms with Crippen LogP contribution in [0.5, 0.6) is 0 Å². The van der Waals surface area contributed by atoms with Gasteiger partial charge in [0.15, 0.2) is 0 Å². The second-order valence-electron chi connectivity index (χ2n) is 6.49. The number of rotatable bonds is 3. The molecule has 0 radical (unpaired) electrons. The van der Waals surface area contributed by atoms with Crippen molar-refractivity contribution in [3.05, 3.63) is 53.2 Å². The first-order valence-corrected chi connectivity index (χ1v) is 8.53. The maximum Gasteiger partial charge on any atom is 0.329 e. The highest BCUT2D eigenvalue weighted by Crippen LogP contribution is 2.33. The van der Waals surface area contributed by atoms with Crippen molar-refractivity contribution >= 4 is 29.3 Å². The van der Waals surface area contributed by atoms with Gasteiger partial charge in [-0.1, -0.05) is 25.1 Å². The molecule has 0 saturated carbocycles. The molecule has 3 aromatic rings. The number of H-pyrrole nitrogens is 1. The standard InChI is InChI=1S/C19H22N4O.ClH/c1-4-15(18-13(3)20-11-21-18)22-10-9-16-12(2)14-7-5-6-8-17(14)23(16)19(22)24;/h5-8,11,15H,4,9-10H2,1-3H3,(H,20,21);1H. The molecule has 5 nitrogen and oxygen atoms in total. The number of nitrogens with one attached hydrogen (secondary N) is 1. The van der Waals surface area contributed by atoms with E-state index in [4.69, 9.17) is 0 Å². The van der Waals surface area contributed by atoms with Crippen molar-refractivity contribution in [3.8, 4) is 0 Å². The second-order valence-corrected chi connectivity index (χ2v) is 6.49. The van der Waals surface area contributed by atoms with E-state index in [1.165, 1.54) is 10.9 Å². The van der Waals surface area contributed by atoms with Crippen LogP contribution in [0.1, 0.15) is 42.0 Å². The molecular weight excluding hydrogens is 336 g/mol. The van der Waals surface area contributed by atoms with Gasteiger partial charge in [-0.25, -0.2) is 9.78 Å². The van der Waals surface area contributed by atoms with Gasteiger partial charge in [0.1, 0.15) is 0 Å². The first kappa shape index (κ1) is 17.5. The number of benzene rings is 1. The number of nitrogens with zero attached hydrogens (tertiary/aromatic N) is 3. The molecule has 1 aliphatic rings. The van der Waals surface area contributed by atoms with Crippen molar-refractivity contribution in [3.63, 3.8) is 0 Å². The summed E-state index contributed by atoms with van der Waals surface area (Å²) in [5.41, 5.74) is 5.39. The number of carbonyl (C=O) groups excluding carboxylic acids is 1. The Hall–Kier alpha value is -2.27. The zero-order valence-corrected chi connectivity index (χ0v) is 15.6. The van der Waals surface area contributed by atoms with Crippen LogP contribution in [0, 0.1) is 13.8 Å². The van der Waals surface area contributed by atoms with Crippen LogP contribution >= 0.6 is 12.4 Å². The highest BCUT2D eigenvalue weighted by molar-refractivity contribution is 5.96. The molecule has 1 N–H and O–H groups in total. The Morgan fingerprint density at radius 3 is 2.72 bits per heavy atom. The molecule has 1 aliphatic heterocycles. The highest BCUT2D eigenvalue weighted by Gasteiger charge is 2.33. The SMILES string of the molecule is CCC(c1nc[nH]c1C)N1CCc2c(C)c3ccccc3n2C1=O.Cl. The summed E-state index contributed by atoms with van der Waals surface area (Å²) in [6, 6.07) is 8.24. The van der Waals surface area contributed by atoms with Crippen molar-refractivity contribution < 1.29 is 4.79 Å². The molecule has 1 amide bonds. The summed E-state index contributed by atoms with van der Waals surface area (Å²) < 4.78 is 1.90. The Morgan fingerprint density at radius 1 is 1.28 bits per heavy atom. The quantitative estimate of drug-likeness (QED) is 0.755. The summed E-state index contributed by atoms with van der Waals surface area (Å²) in [5, 5.41) is 1.17. The smallest absolute Gasteiger partial charge is 0.329 e. The summed E-state index contributed by atoms with van der Waals surface area (Å²) in [7, 11) is 0. The van der Waals surface area contributed by atoms with Crippen molar-refractivity contribution in [2.75, 3.05) is 6.54 Å². The number of aromatic amines is 1. The molecule has 3 heterocycles. The Labute approximate surface area is 153 Å². The third-order valence-electron chi connectivity index (χ3n) is 5.23. The van der Waals surface area contributed by atoms with Gasteiger partial charge in [-0.2, -0.15) is 0 Å². The summed E-state index contributed by atoms with van der Waals surface area (Å²) in [4.78, 5) is 22.9. The number of amides is 1. The number of hydrogen-bond donors (Lipinski definition) is 1. The largest absolute Gasteiger partial charge is 0.348 e. The van der Waals surface area contributed by atoms with Gasteiger partial charge < -0.3 is 9.88 Å². The third kappa shape index (κ3) is 2.54. The van der Waals surface area contributed by atoms with E-state index in [-0.39, 0.29) is 24.5 Å². The van der Waals surface area contributed by atoms with Crippen molar-refractivity contribution in [2.45, 2.75) is 39.7 Å². The number of para-hydroxylation sites is 1. The van der Waals surface area contributed by atoms with Gasteiger partial charge in [0.2, 0.25) is 0 Å². The van der Waals surface area contributed by atoms with Crippen LogP contribution in [0.2, 0.25) is 0 Å². The molecular formula is C19H23ClN4O. The molecule has 0 fully saturated rings. The van der Waals surface area contributed by atoms with Crippen molar-refractivity contribution in [1.29, 1.82) is 0 Å². The van der Waals surface area contributed by atoms with Gasteiger partial charge >= 0.3 is 6.03 Å². The van der Waals surface area contributed by atoms with Gasteiger partial charge in [0.25, 0.3) is 0 Å². The molecule has 2 aromatic heterocycles. The van der Waals surface area contributed by atoms with Crippen LogP contribution in [0.15, 0.2) is 30.6 Å². The minimum atomic E-state index is 0. The minimum absolute atomic E-state index is 0. The number of halogens is 1. The van der Waals surface area contributed by atoms with Crippen LogP contribution in [0.4, 0.5) is 4.79 Å². The molecule has 4 rings (SSSR count). The zero-order valence-electron chi connectivity index (χ0n) is 14.7. The fraction of sp³-hybridized carbons (Fsp3) is 0.368. The Morgan fingerprint density at radius 2 is 2.04 bits per heavy atom. The molecule has 132 valence electrons. The van der Waals surface area contributed by atoms with Crippen LogP contribution < -0.4 is 0 Å². The first-order valence-electron chi connectivity index (χ1n) is 8.53. The van der Waals surface area contributed by atoms with E-state index >= 15 is 0 Å². The monoisotopic (exact) mass is 358 g/mol. The lowest BCUT2D eigenvalue weighted by Crippen LogP contribution is -2.43. The van der Waals surface area contributed by atoms with Gasteiger partial charge in [-0.05, 0) is 31.9 Å². The Kier molecular flexibility index (Phi) is 4.60. The van der Waals surface area contributed by atoms with Crippen molar-refractivity contribution in [2.24, 2.45) is 0 Å². The molecule has 6 heteroatoms. The first-order chi connectivity index (χ1) is 11.6. The number of aromatic nitrogens is 3. The predicted molar refractivity (Wildman–Crippen MR) is 101 cm³/mol. The van der Waals surface area contributed by atoms with E-state index in [9.17, 15) is 4.79 Å². The number of fused-ring (bicyclic) bond motifs is 3. The van der Waals surface area contributed by atoms with E-state index in [1.807, 2.05) is 34.6 Å². The van der Waals surface area contributed by atoms with Crippen LogP contribution in [-0.2, 0) is 6.42 Å². The Balaban J connectivity index is 0.00000182. The van der Waals surface area contributed by atoms with E-state index in [0.717, 1.165) is 42.0 Å². The summed E-state index contributed by atoms with van der Waals surface area (Å²) in [6.45, 7) is 6.98. The predicted octanol–water partition coefficient (Wildman–Crippen LogP) is 4.38. The maximum atomic E-state index is 13.3. The van der Waals surface area contributed by atoms with Crippen LogP contribution in [-0.4, -0.2) is 32.0 Å².